The van der Waals surface area contributed by atoms with E-state index in [1.165, 1.54) is 12.8 Å². The molecule has 1 heterocycles. The molecule has 0 spiro atoms. The van der Waals surface area contributed by atoms with Gasteiger partial charge in [0.1, 0.15) is 0 Å². The summed E-state index contributed by atoms with van der Waals surface area (Å²) in [5, 5.41) is 3.10. The predicted octanol–water partition coefficient (Wildman–Crippen LogP) is 1.65. The van der Waals surface area contributed by atoms with Gasteiger partial charge in [-0.3, -0.25) is 4.79 Å². The fourth-order valence-electron chi connectivity index (χ4n) is 2.95. The first kappa shape index (κ1) is 16.0. The van der Waals surface area contributed by atoms with Crippen LogP contribution in [0.5, 0.6) is 0 Å². The quantitative estimate of drug-likeness (QED) is 0.837. The number of hydrogen-bond donors (Lipinski definition) is 2. The van der Waals surface area contributed by atoms with E-state index in [0.29, 0.717) is 12.5 Å². The molecule has 116 valence electrons. The highest BCUT2D eigenvalue weighted by atomic mass is 16.1. The maximum Gasteiger partial charge on any atom is 0.251 e. The minimum absolute atomic E-state index is 0.0389. The van der Waals surface area contributed by atoms with Crippen LogP contribution in [0.15, 0.2) is 24.3 Å². The highest BCUT2D eigenvalue weighted by Crippen LogP contribution is 2.16. The molecule has 1 aliphatic heterocycles. The third-order valence-electron chi connectivity index (χ3n) is 4.38. The average molecular weight is 289 g/mol. The fraction of sp³-hybridized carbons (Fsp3) is 0.588. The maximum atomic E-state index is 12.3. The summed E-state index contributed by atoms with van der Waals surface area (Å²) in [5.41, 5.74) is 7.42. The monoisotopic (exact) mass is 289 g/mol. The first-order chi connectivity index (χ1) is 10.2. The topological polar surface area (TPSA) is 58.4 Å². The minimum Gasteiger partial charge on any atom is -0.352 e. The van der Waals surface area contributed by atoms with Gasteiger partial charge in [-0.25, -0.2) is 0 Å². The van der Waals surface area contributed by atoms with E-state index in [2.05, 4.69) is 17.1 Å². The van der Waals surface area contributed by atoms with Gasteiger partial charge in [0, 0.05) is 12.1 Å². The molecule has 1 amide bonds. The number of nitrogens with zero attached hydrogens (tertiary/aromatic N) is 1. The van der Waals surface area contributed by atoms with Crippen LogP contribution in [-0.2, 0) is 6.42 Å². The van der Waals surface area contributed by atoms with Gasteiger partial charge in [-0.1, -0.05) is 25.1 Å². The molecule has 1 fully saturated rings. The molecule has 2 rings (SSSR count). The van der Waals surface area contributed by atoms with Crippen molar-refractivity contribution in [1.29, 1.82) is 0 Å². The molecule has 0 bridgehead atoms. The average Bonchev–Trinajstić information content (AvgIpc) is 2.54. The molecule has 1 aliphatic rings. The Labute approximate surface area is 127 Å². The number of likely N-dealkylation sites (tertiary alicyclic amines) is 1. The molecule has 3 N–H and O–H groups in total. The maximum absolute atomic E-state index is 12.3. The first-order valence-corrected chi connectivity index (χ1v) is 8.03. The molecule has 1 aromatic carbocycles. The molecule has 4 heteroatoms. The Morgan fingerprint density at radius 2 is 2.05 bits per heavy atom. The number of carbonyl (C=O) groups is 1. The lowest BCUT2D eigenvalue weighted by Gasteiger charge is -2.31. The smallest absolute Gasteiger partial charge is 0.251 e. The molecule has 4 nitrogen and oxygen atoms in total. The zero-order valence-electron chi connectivity index (χ0n) is 13.0. The van der Waals surface area contributed by atoms with Gasteiger partial charge >= 0.3 is 0 Å². The second-order valence-electron chi connectivity index (χ2n) is 5.78. The van der Waals surface area contributed by atoms with Gasteiger partial charge in [-0.15, -0.1) is 0 Å². The molecule has 1 saturated heterocycles. The van der Waals surface area contributed by atoms with Crippen LogP contribution in [0.4, 0.5) is 0 Å². The van der Waals surface area contributed by atoms with Crippen molar-refractivity contribution in [3.05, 3.63) is 35.4 Å². The molecule has 0 unspecified atom stereocenters. The van der Waals surface area contributed by atoms with Crippen molar-refractivity contribution in [2.24, 2.45) is 11.7 Å². The highest BCUT2D eigenvalue weighted by molar-refractivity contribution is 5.95. The van der Waals surface area contributed by atoms with Crippen LogP contribution in [0.1, 0.15) is 35.7 Å². The van der Waals surface area contributed by atoms with E-state index in [1.54, 1.807) is 0 Å². The Balaban J connectivity index is 1.85. The summed E-state index contributed by atoms with van der Waals surface area (Å²) >= 11 is 0. The summed E-state index contributed by atoms with van der Waals surface area (Å²) in [6.45, 7) is 7.00. The summed E-state index contributed by atoms with van der Waals surface area (Å²) < 4.78 is 0. The molecule has 0 radical (unpaired) electrons. The standard InChI is InChI=1S/C17H27N3O/c1-2-20-11-8-14(9-12-20)13-19-17(21)16-6-4-3-5-15(16)7-10-18/h3-6,14H,2,7-13,18H2,1H3,(H,19,21). The first-order valence-electron chi connectivity index (χ1n) is 8.03. The van der Waals surface area contributed by atoms with E-state index in [4.69, 9.17) is 5.73 Å². The van der Waals surface area contributed by atoms with E-state index >= 15 is 0 Å². The molecule has 0 aliphatic carbocycles. The van der Waals surface area contributed by atoms with E-state index in [9.17, 15) is 4.79 Å². The lowest BCUT2D eigenvalue weighted by Crippen LogP contribution is -2.38. The zero-order chi connectivity index (χ0) is 15.1. The Bertz CT molecular complexity index is 453. The summed E-state index contributed by atoms with van der Waals surface area (Å²) in [7, 11) is 0. The van der Waals surface area contributed by atoms with Crippen LogP contribution >= 0.6 is 0 Å². The third kappa shape index (κ3) is 4.55. The highest BCUT2D eigenvalue weighted by Gasteiger charge is 2.19. The molecular weight excluding hydrogens is 262 g/mol. The molecular formula is C17H27N3O. The van der Waals surface area contributed by atoms with Gasteiger partial charge in [0.2, 0.25) is 0 Å². The number of nitrogens with one attached hydrogen (secondary N) is 1. The molecule has 0 atom stereocenters. The number of rotatable bonds is 6. The number of piperidine rings is 1. The van der Waals surface area contributed by atoms with Crippen LogP contribution in [0.3, 0.4) is 0 Å². The zero-order valence-corrected chi connectivity index (χ0v) is 13.0. The van der Waals surface area contributed by atoms with Gasteiger partial charge in [0.25, 0.3) is 5.91 Å². The van der Waals surface area contributed by atoms with Gasteiger partial charge in [-0.05, 0) is 63.0 Å². The Morgan fingerprint density at radius 1 is 1.33 bits per heavy atom. The third-order valence-corrected chi connectivity index (χ3v) is 4.38. The number of amides is 1. The number of benzene rings is 1. The van der Waals surface area contributed by atoms with Crippen LogP contribution in [-0.4, -0.2) is 43.5 Å². The van der Waals surface area contributed by atoms with E-state index in [0.717, 1.165) is 43.7 Å². The Hall–Kier alpha value is -1.39. The summed E-state index contributed by atoms with van der Waals surface area (Å²) in [4.78, 5) is 14.8. The largest absolute Gasteiger partial charge is 0.352 e. The fourth-order valence-corrected chi connectivity index (χ4v) is 2.95. The Kier molecular flexibility index (Phi) is 6.21. The van der Waals surface area contributed by atoms with Crippen molar-refractivity contribution in [2.75, 3.05) is 32.7 Å². The molecule has 1 aromatic rings. The normalized spacial score (nSPS) is 16.9. The van der Waals surface area contributed by atoms with Crippen LogP contribution in [0, 0.1) is 5.92 Å². The number of carbonyl (C=O) groups excluding carboxylic acids is 1. The lowest BCUT2D eigenvalue weighted by molar-refractivity contribution is 0.0936. The summed E-state index contributed by atoms with van der Waals surface area (Å²) in [6.07, 6.45) is 3.11. The van der Waals surface area contributed by atoms with Crippen molar-refractivity contribution in [1.82, 2.24) is 10.2 Å². The van der Waals surface area contributed by atoms with Gasteiger partial charge in [0.05, 0.1) is 0 Å². The molecule has 21 heavy (non-hydrogen) atoms. The van der Waals surface area contributed by atoms with Crippen LogP contribution < -0.4 is 11.1 Å². The molecule has 0 aromatic heterocycles. The van der Waals surface area contributed by atoms with Crippen molar-refractivity contribution in [3.63, 3.8) is 0 Å². The van der Waals surface area contributed by atoms with Gasteiger partial charge < -0.3 is 16.0 Å². The van der Waals surface area contributed by atoms with Crippen LogP contribution in [0.25, 0.3) is 0 Å². The van der Waals surface area contributed by atoms with E-state index in [-0.39, 0.29) is 5.91 Å². The van der Waals surface area contributed by atoms with Gasteiger partial charge in [-0.2, -0.15) is 0 Å². The molecule has 0 saturated carbocycles. The lowest BCUT2D eigenvalue weighted by atomic mass is 9.96. The summed E-state index contributed by atoms with van der Waals surface area (Å²) in [5.74, 6) is 0.649. The van der Waals surface area contributed by atoms with Crippen LogP contribution in [0.2, 0.25) is 0 Å². The minimum atomic E-state index is 0.0389. The van der Waals surface area contributed by atoms with Crippen molar-refractivity contribution in [2.45, 2.75) is 26.2 Å². The number of nitrogens with two attached hydrogens (primary N) is 1. The van der Waals surface area contributed by atoms with Gasteiger partial charge in [0.15, 0.2) is 0 Å². The van der Waals surface area contributed by atoms with E-state index in [1.807, 2.05) is 24.3 Å². The second-order valence-corrected chi connectivity index (χ2v) is 5.78. The van der Waals surface area contributed by atoms with E-state index < -0.39 is 0 Å². The van der Waals surface area contributed by atoms with Crippen molar-refractivity contribution in [3.8, 4) is 0 Å². The van der Waals surface area contributed by atoms with Crippen molar-refractivity contribution >= 4 is 5.91 Å². The Morgan fingerprint density at radius 3 is 2.71 bits per heavy atom. The van der Waals surface area contributed by atoms with Crippen molar-refractivity contribution < 1.29 is 4.79 Å². The SMILES string of the molecule is CCN1CCC(CNC(=O)c2ccccc2CCN)CC1. The predicted molar refractivity (Wildman–Crippen MR) is 86.4 cm³/mol. The number of hydrogen-bond acceptors (Lipinski definition) is 3. The summed E-state index contributed by atoms with van der Waals surface area (Å²) in [6, 6.07) is 7.75. The second kappa shape index (κ2) is 8.15.